The van der Waals surface area contributed by atoms with Crippen LogP contribution in [0, 0.1) is 0 Å². The van der Waals surface area contributed by atoms with E-state index in [9.17, 15) is 18.3 Å². The van der Waals surface area contributed by atoms with Gasteiger partial charge in [0.15, 0.2) is 0 Å². The van der Waals surface area contributed by atoms with Crippen molar-refractivity contribution in [3.63, 3.8) is 0 Å². The van der Waals surface area contributed by atoms with Gasteiger partial charge in [0, 0.05) is 6.61 Å². The summed E-state index contributed by atoms with van der Waals surface area (Å²) in [7, 11) is -3.76. The monoisotopic (exact) mass is 299 g/mol. The van der Waals surface area contributed by atoms with E-state index in [4.69, 9.17) is 4.74 Å². The molecule has 0 radical (unpaired) electrons. The second kappa shape index (κ2) is 5.90. The van der Waals surface area contributed by atoms with Gasteiger partial charge >= 0.3 is 5.97 Å². The highest BCUT2D eigenvalue weighted by Gasteiger charge is 2.38. The van der Waals surface area contributed by atoms with Gasteiger partial charge in [0.1, 0.15) is 11.3 Å². The summed E-state index contributed by atoms with van der Waals surface area (Å²) in [5.41, 5.74) is 0.398. The van der Waals surface area contributed by atoms with Gasteiger partial charge in [-0.05, 0) is 18.9 Å². The van der Waals surface area contributed by atoms with Gasteiger partial charge in [-0.15, -0.1) is 0 Å². The molecule has 2 rings (SSSR count). The number of benzene rings is 1. The Labute approximate surface area is 117 Å². The van der Waals surface area contributed by atoms with Gasteiger partial charge in [0.2, 0.25) is 10.0 Å². The lowest BCUT2D eigenvalue weighted by Gasteiger charge is -2.20. The molecule has 1 aliphatic heterocycles. The smallest absolute Gasteiger partial charge is 0.326 e. The minimum absolute atomic E-state index is 0.371. The number of carbonyl (C=O) groups is 1. The number of carboxylic acids is 1. The summed E-state index contributed by atoms with van der Waals surface area (Å²) in [4.78, 5) is 11.3. The molecule has 3 atom stereocenters. The van der Waals surface area contributed by atoms with E-state index in [2.05, 4.69) is 4.72 Å². The fraction of sp³-hybridized carbons (Fsp3) is 0.462. The third-order valence-corrected chi connectivity index (χ3v) is 5.35. The van der Waals surface area contributed by atoms with Crippen LogP contribution in [0.25, 0.3) is 0 Å². The van der Waals surface area contributed by atoms with Crippen molar-refractivity contribution < 1.29 is 23.1 Å². The van der Waals surface area contributed by atoms with E-state index < -0.39 is 33.4 Å². The zero-order chi connectivity index (χ0) is 14.8. The van der Waals surface area contributed by atoms with Crippen molar-refractivity contribution in [1.29, 1.82) is 0 Å². The molecular formula is C13H17NO5S. The molecule has 1 aromatic carbocycles. The summed E-state index contributed by atoms with van der Waals surface area (Å²) in [5.74, 6) is -1.23. The summed E-state index contributed by atoms with van der Waals surface area (Å²) in [6.45, 7) is 2.05. The van der Waals surface area contributed by atoms with Crippen LogP contribution in [-0.2, 0) is 19.6 Å². The molecule has 20 heavy (non-hydrogen) atoms. The third kappa shape index (κ3) is 3.17. The first-order chi connectivity index (χ1) is 9.42. The number of ether oxygens (including phenoxy) is 1. The number of hydrogen-bond donors (Lipinski definition) is 2. The minimum Gasteiger partial charge on any atom is -0.480 e. The lowest BCUT2D eigenvalue weighted by Crippen LogP contribution is -2.42. The van der Waals surface area contributed by atoms with Crippen LogP contribution in [0.2, 0.25) is 0 Å². The topological polar surface area (TPSA) is 92.7 Å². The van der Waals surface area contributed by atoms with E-state index in [1.54, 1.807) is 37.3 Å². The number of nitrogens with one attached hydrogen (secondary N) is 1. The van der Waals surface area contributed by atoms with Crippen LogP contribution < -0.4 is 4.72 Å². The minimum atomic E-state index is -3.76. The molecule has 0 saturated carbocycles. The molecule has 6 nitrogen and oxygen atoms in total. The van der Waals surface area contributed by atoms with E-state index in [1.165, 1.54) is 0 Å². The zero-order valence-electron chi connectivity index (χ0n) is 11.0. The summed E-state index contributed by atoms with van der Waals surface area (Å²) in [5, 5.41) is 8.53. The van der Waals surface area contributed by atoms with Crippen molar-refractivity contribution >= 4 is 16.0 Å². The molecule has 110 valence electrons. The zero-order valence-corrected chi connectivity index (χ0v) is 11.8. The van der Waals surface area contributed by atoms with Gasteiger partial charge in [-0.3, -0.25) is 4.79 Å². The van der Waals surface area contributed by atoms with Crippen molar-refractivity contribution in [3.05, 3.63) is 35.9 Å². The van der Waals surface area contributed by atoms with Crippen molar-refractivity contribution in [2.45, 2.75) is 30.7 Å². The van der Waals surface area contributed by atoms with Crippen LogP contribution in [0.5, 0.6) is 0 Å². The van der Waals surface area contributed by atoms with Crippen LogP contribution in [0.1, 0.15) is 24.9 Å². The normalized spacial score (nSPS) is 24.4. The molecule has 1 saturated heterocycles. The molecule has 7 heteroatoms. The van der Waals surface area contributed by atoms with Crippen LogP contribution in [-0.4, -0.2) is 37.5 Å². The maximum absolute atomic E-state index is 12.3. The first kappa shape index (κ1) is 15.0. The SMILES string of the molecule is CC1OCCC1S(=O)(=O)N[C@H](C(=O)O)c1ccccc1. The number of aliphatic carboxylic acids is 1. The van der Waals surface area contributed by atoms with Crippen LogP contribution in [0.3, 0.4) is 0 Å². The van der Waals surface area contributed by atoms with Crippen molar-refractivity contribution in [2.24, 2.45) is 0 Å². The Morgan fingerprint density at radius 1 is 1.40 bits per heavy atom. The predicted molar refractivity (Wildman–Crippen MR) is 72.7 cm³/mol. The van der Waals surface area contributed by atoms with Gasteiger partial charge in [0.25, 0.3) is 0 Å². The van der Waals surface area contributed by atoms with Gasteiger partial charge in [-0.25, -0.2) is 8.42 Å². The van der Waals surface area contributed by atoms with Crippen molar-refractivity contribution in [1.82, 2.24) is 4.72 Å². The quantitative estimate of drug-likeness (QED) is 0.843. The van der Waals surface area contributed by atoms with Crippen LogP contribution in [0.15, 0.2) is 30.3 Å². The van der Waals surface area contributed by atoms with E-state index in [0.717, 1.165) is 0 Å². The van der Waals surface area contributed by atoms with E-state index in [0.29, 0.717) is 18.6 Å². The molecule has 0 aromatic heterocycles. The molecule has 2 unspecified atom stereocenters. The molecule has 1 aliphatic rings. The fourth-order valence-corrected chi connectivity index (χ4v) is 4.01. The summed E-state index contributed by atoms with van der Waals surface area (Å²) < 4.78 is 32.1. The molecule has 0 amide bonds. The van der Waals surface area contributed by atoms with Crippen molar-refractivity contribution in [3.8, 4) is 0 Å². The Bertz CT molecular complexity index is 572. The van der Waals surface area contributed by atoms with Gasteiger partial charge in [-0.2, -0.15) is 4.72 Å². The molecule has 1 fully saturated rings. The third-order valence-electron chi connectivity index (χ3n) is 3.37. The second-order valence-corrected chi connectivity index (χ2v) is 6.68. The molecule has 0 aliphatic carbocycles. The highest BCUT2D eigenvalue weighted by molar-refractivity contribution is 7.90. The molecule has 0 spiro atoms. The molecular weight excluding hydrogens is 282 g/mol. The highest BCUT2D eigenvalue weighted by atomic mass is 32.2. The maximum Gasteiger partial charge on any atom is 0.326 e. The lowest BCUT2D eigenvalue weighted by molar-refractivity contribution is -0.139. The average molecular weight is 299 g/mol. The molecule has 1 heterocycles. The summed E-state index contributed by atoms with van der Waals surface area (Å²) in [6, 6.07) is 6.95. The van der Waals surface area contributed by atoms with Crippen LogP contribution >= 0.6 is 0 Å². The molecule has 0 bridgehead atoms. The predicted octanol–water partition coefficient (Wildman–Crippen LogP) is 0.909. The van der Waals surface area contributed by atoms with Gasteiger partial charge in [0.05, 0.1) is 6.10 Å². The highest BCUT2D eigenvalue weighted by Crippen LogP contribution is 2.23. The second-order valence-electron chi connectivity index (χ2n) is 4.75. The number of rotatable bonds is 5. The first-order valence-electron chi connectivity index (χ1n) is 6.32. The Kier molecular flexibility index (Phi) is 4.42. The fourth-order valence-electron chi connectivity index (χ4n) is 2.28. The van der Waals surface area contributed by atoms with Gasteiger partial charge in [-0.1, -0.05) is 30.3 Å². The van der Waals surface area contributed by atoms with Gasteiger partial charge < -0.3 is 9.84 Å². The lowest BCUT2D eigenvalue weighted by atomic mass is 10.1. The molecule has 2 N–H and O–H groups in total. The number of hydrogen-bond acceptors (Lipinski definition) is 4. The number of sulfonamides is 1. The standard InChI is InChI=1S/C13H17NO5S/c1-9-11(7-8-19-9)20(17,18)14-12(13(15)16)10-5-3-2-4-6-10/h2-6,9,11-12,14H,7-8H2,1H3,(H,15,16)/t9?,11?,12-/m0/s1. The van der Waals surface area contributed by atoms with Crippen molar-refractivity contribution in [2.75, 3.05) is 6.61 Å². The molecule has 1 aromatic rings. The largest absolute Gasteiger partial charge is 0.480 e. The Hall–Kier alpha value is -1.44. The van der Waals surface area contributed by atoms with E-state index in [-0.39, 0.29) is 0 Å². The van der Waals surface area contributed by atoms with Crippen LogP contribution in [0.4, 0.5) is 0 Å². The Morgan fingerprint density at radius 2 is 2.05 bits per heavy atom. The maximum atomic E-state index is 12.3. The van der Waals surface area contributed by atoms with E-state index in [1.807, 2.05) is 0 Å². The summed E-state index contributed by atoms with van der Waals surface area (Å²) in [6.07, 6.45) is -0.0600. The van der Waals surface area contributed by atoms with E-state index >= 15 is 0 Å². The Morgan fingerprint density at radius 3 is 2.55 bits per heavy atom. The average Bonchev–Trinajstić information content (AvgIpc) is 2.84. The summed E-state index contributed by atoms with van der Waals surface area (Å²) >= 11 is 0. The number of carboxylic acid groups (broad SMARTS) is 1. The first-order valence-corrected chi connectivity index (χ1v) is 7.87. The Balaban J connectivity index is 2.23.